The van der Waals surface area contributed by atoms with Gasteiger partial charge < -0.3 is 31.1 Å². The number of amides is 4. The van der Waals surface area contributed by atoms with Crippen molar-refractivity contribution in [3.8, 4) is 0 Å². The number of nitrogens with zero attached hydrogens (tertiary/aromatic N) is 2. The molecule has 0 aliphatic carbocycles. The highest BCUT2D eigenvalue weighted by atomic mass is 16.2. The number of urea groups is 2. The van der Waals surface area contributed by atoms with E-state index in [1.54, 1.807) is 0 Å². The first-order valence-corrected chi connectivity index (χ1v) is 23.7. The van der Waals surface area contributed by atoms with E-state index in [0.717, 1.165) is 43.7 Å². The summed E-state index contributed by atoms with van der Waals surface area (Å²) in [7, 11) is 0. The topological polar surface area (TPSA) is 88.7 Å². The van der Waals surface area contributed by atoms with Crippen molar-refractivity contribution in [3.05, 3.63) is 59.7 Å². The Kier molecular flexibility index (Phi) is 30.6. The van der Waals surface area contributed by atoms with Crippen LogP contribution in [0.25, 0.3) is 0 Å². The Morgan fingerprint density at radius 2 is 0.667 bits per heavy atom. The van der Waals surface area contributed by atoms with E-state index < -0.39 is 0 Å². The van der Waals surface area contributed by atoms with Crippen LogP contribution in [-0.2, 0) is 6.42 Å². The molecule has 0 aromatic heterocycles. The number of hydrogen-bond acceptors (Lipinski definition) is 4. The van der Waals surface area contributed by atoms with Crippen molar-refractivity contribution in [3.63, 3.8) is 0 Å². The predicted octanol–water partition coefficient (Wildman–Crippen LogP) is 12.8. The van der Waals surface area contributed by atoms with E-state index >= 15 is 0 Å². The maximum Gasteiger partial charge on any atom is 0.319 e. The summed E-state index contributed by atoms with van der Waals surface area (Å²) in [6.45, 7) is 17.2. The van der Waals surface area contributed by atoms with Gasteiger partial charge in [-0.1, -0.05) is 155 Å². The summed E-state index contributed by atoms with van der Waals surface area (Å²) < 4.78 is 0. The molecule has 8 nitrogen and oxygen atoms in total. The molecule has 4 N–H and O–H groups in total. The molecule has 324 valence electrons. The van der Waals surface area contributed by atoms with Crippen LogP contribution < -0.4 is 21.3 Å². The fourth-order valence-corrected chi connectivity index (χ4v) is 7.43. The fraction of sp³-hybridized carbons (Fsp3) is 0.714. The number of benzene rings is 2. The Morgan fingerprint density at radius 3 is 0.965 bits per heavy atom. The Labute approximate surface area is 350 Å². The Hall–Kier alpha value is -3.10. The van der Waals surface area contributed by atoms with Crippen LogP contribution in [0.4, 0.5) is 21.0 Å². The highest BCUT2D eigenvalue weighted by Gasteiger charge is 2.09. The van der Waals surface area contributed by atoms with Gasteiger partial charge in [0.25, 0.3) is 0 Å². The van der Waals surface area contributed by atoms with Gasteiger partial charge in [0.1, 0.15) is 0 Å². The number of anilines is 2. The van der Waals surface area contributed by atoms with Gasteiger partial charge in [-0.05, 0) is 120 Å². The molecule has 0 heterocycles. The first-order chi connectivity index (χ1) is 28.0. The third kappa shape index (κ3) is 27.3. The lowest BCUT2D eigenvalue weighted by molar-refractivity contribution is 0.244. The van der Waals surface area contributed by atoms with Gasteiger partial charge in [-0.25, -0.2) is 9.59 Å². The van der Waals surface area contributed by atoms with Crippen LogP contribution >= 0.6 is 0 Å². The molecule has 0 fully saturated rings. The molecule has 0 aliphatic heterocycles. The van der Waals surface area contributed by atoms with Gasteiger partial charge in [0, 0.05) is 24.5 Å². The van der Waals surface area contributed by atoms with Crippen LogP contribution in [0.1, 0.15) is 180 Å². The third-order valence-corrected chi connectivity index (χ3v) is 11.0. The SMILES string of the molecule is CCCCCCCN(CCCCCCC)CCCNC(=O)Nc1ccc(Cc2ccc(NC(=O)NCCCN(CCCCCCC)CCCCCCC)cc2)cc1. The number of nitrogens with one attached hydrogen (secondary N) is 4. The highest BCUT2D eigenvalue weighted by Crippen LogP contribution is 2.17. The van der Waals surface area contributed by atoms with Crippen LogP contribution in [-0.4, -0.2) is 74.2 Å². The second-order valence-electron chi connectivity index (χ2n) is 16.4. The quantitative estimate of drug-likeness (QED) is 0.0518. The first kappa shape index (κ1) is 50.0. The zero-order chi connectivity index (χ0) is 41.0. The van der Waals surface area contributed by atoms with Crippen LogP contribution in [0.3, 0.4) is 0 Å². The molecule has 57 heavy (non-hydrogen) atoms. The van der Waals surface area contributed by atoms with Crippen LogP contribution in [0.5, 0.6) is 0 Å². The molecule has 0 unspecified atom stereocenters. The minimum absolute atomic E-state index is 0.149. The molecular weight excluding hydrogens is 705 g/mol. The summed E-state index contributed by atoms with van der Waals surface area (Å²) in [6.07, 6.45) is 29.0. The first-order valence-electron chi connectivity index (χ1n) is 23.7. The van der Waals surface area contributed by atoms with Crippen molar-refractivity contribution in [1.29, 1.82) is 0 Å². The predicted molar refractivity (Wildman–Crippen MR) is 247 cm³/mol. The molecule has 0 spiro atoms. The molecule has 0 radical (unpaired) electrons. The third-order valence-electron chi connectivity index (χ3n) is 11.0. The summed E-state index contributed by atoms with van der Waals surface area (Å²) in [6, 6.07) is 15.8. The maximum absolute atomic E-state index is 12.6. The van der Waals surface area contributed by atoms with Gasteiger partial charge in [0.2, 0.25) is 0 Å². The van der Waals surface area contributed by atoms with E-state index in [9.17, 15) is 9.59 Å². The molecule has 0 aliphatic rings. The zero-order valence-electron chi connectivity index (χ0n) is 37.3. The van der Waals surface area contributed by atoms with Gasteiger partial charge in [0.05, 0.1) is 0 Å². The van der Waals surface area contributed by atoms with Gasteiger partial charge >= 0.3 is 12.1 Å². The summed E-state index contributed by atoms with van der Waals surface area (Å²) in [5.74, 6) is 0. The molecule has 8 heteroatoms. The lowest BCUT2D eigenvalue weighted by Crippen LogP contribution is -2.33. The van der Waals surface area contributed by atoms with Gasteiger partial charge in [0.15, 0.2) is 0 Å². The number of hydrogen-bond donors (Lipinski definition) is 4. The fourth-order valence-electron chi connectivity index (χ4n) is 7.43. The van der Waals surface area contributed by atoms with Crippen LogP contribution in [0.2, 0.25) is 0 Å². The molecule has 4 amide bonds. The number of carbonyl (C=O) groups excluding carboxylic acids is 2. The normalized spacial score (nSPS) is 11.3. The van der Waals surface area contributed by atoms with Gasteiger partial charge in [-0.3, -0.25) is 0 Å². The average molecular weight is 791 g/mol. The van der Waals surface area contributed by atoms with E-state index in [0.29, 0.717) is 13.1 Å². The number of rotatable bonds is 36. The molecular formula is C49H86N6O2. The van der Waals surface area contributed by atoms with Crippen LogP contribution in [0.15, 0.2) is 48.5 Å². The van der Waals surface area contributed by atoms with Crippen molar-refractivity contribution in [2.45, 2.75) is 175 Å². The second kappa shape index (κ2) is 34.9. The second-order valence-corrected chi connectivity index (χ2v) is 16.4. The van der Waals surface area contributed by atoms with Crippen molar-refractivity contribution in [2.24, 2.45) is 0 Å². The summed E-state index contributed by atoms with van der Waals surface area (Å²) in [4.78, 5) is 30.5. The molecule has 0 atom stereocenters. The lowest BCUT2D eigenvalue weighted by atomic mass is 10.0. The van der Waals surface area contributed by atoms with Gasteiger partial charge in [-0.15, -0.1) is 0 Å². The van der Waals surface area contributed by atoms with E-state index in [2.05, 4.69) is 83.0 Å². The van der Waals surface area contributed by atoms with E-state index in [1.807, 2.05) is 24.3 Å². The monoisotopic (exact) mass is 791 g/mol. The van der Waals surface area contributed by atoms with Crippen molar-refractivity contribution >= 4 is 23.4 Å². The van der Waals surface area contributed by atoms with Crippen molar-refractivity contribution < 1.29 is 9.59 Å². The molecule has 2 rings (SSSR count). The lowest BCUT2D eigenvalue weighted by Gasteiger charge is -2.22. The van der Waals surface area contributed by atoms with Gasteiger partial charge in [-0.2, -0.15) is 0 Å². The maximum atomic E-state index is 12.6. The largest absolute Gasteiger partial charge is 0.338 e. The Morgan fingerprint density at radius 1 is 0.386 bits per heavy atom. The molecule has 0 bridgehead atoms. The summed E-state index contributed by atoms with van der Waals surface area (Å²) in [5.41, 5.74) is 3.92. The minimum atomic E-state index is -0.149. The van der Waals surface area contributed by atoms with Crippen LogP contribution in [0, 0.1) is 0 Å². The smallest absolute Gasteiger partial charge is 0.319 e. The zero-order valence-corrected chi connectivity index (χ0v) is 37.3. The van der Waals surface area contributed by atoms with E-state index in [-0.39, 0.29) is 12.1 Å². The summed E-state index contributed by atoms with van der Waals surface area (Å²) >= 11 is 0. The van der Waals surface area contributed by atoms with Crippen molar-refractivity contribution in [2.75, 3.05) is 63.0 Å². The molecule has 2 aromatic carbocycles. The Balaban J connectivity index is 1.68. The van der Waals surface area contributed by atoms with Crippen molar-refractivity contribution in [1.82, 2.24) is 20.4 Å². The number of carbonyl (C=O) groups is 2. The highest BCUT2D eigenvalue weighted by molar-refractivity contribution is 5.89. The van der Waals surface area contributed by atoms with E-state index in [1.165, 1.54) is 166 Å². The average Bonchev–Trinajstić information content (AvgIpc) is 3.21. The minimum Gasteiger partial charge on any atom is -0.338 e. The Bertz CT molecular complexity index is 1110. The summed E-state index contributed by atoms with van der Waals surface area (Å²) in [5, 5.41) is 12.1. The molecule has 0 saturated carbocycles. The standard InChI is InChI=1S/C49H86N6O2/c1-5-9-13-17-21-37-54(38-22-18-14-10-6-2)41-25-35-50-48(56)52-46-31-27-44(28-32-46)43-45-29-33-47(34-30-45)53-49(57)51-36-26-42-55(39-23-19-15-11-7-3)40-24-20-16-12-8-4/h27-34H,5-26,35-43H2,1-4H3,(H2,50,52,56)(H2,51,53,57). The molecule has 0 saturated heterocycles. The molecule has 2 aromatic rings. The number of unbranched alkanes of at least 4 members (excludes halogenated alkanes) is 16. The van der Waals surface area contributed by atoms with E-state index in [4.69, 9.17) is 0 Å².